The van der Waals surface area contributed by atoms with Crippen LogP contribution in [0.15, 0.2) is 0 Å². The van der Waals surface area contributed by atoms with E-state index in [0.717, 1.165) is 32.6 Å². The molecule has 9 heteroatoms. The molecule has 0 aliphatic carbocycles. The first-order chi connectivity index (χ1) is 14.6. The van der Waals surface area contributed by atoms with Crippen molar-refractivity contribution in [2.45, 2.75) is 65.1 Å². The first-order valence-electron chi connectivity index (χ1n) is 11.8. The van der Waals surface area contributed by atoms with Crippen LogP contribution in [0.1, 0.15) is 47.5 Å². The van der Waals surface area contributed by atoms with Crippen molar-refractivity contribution in [2.75, 3.05) is 65.5 Å². The van der Waals surface area contributed by atoms with Crippen LogP contribution in [0.3, 0.4) is 0 Å². The predicted molar refractivity (Wildman–Crippen MR) is 130 cm³/mol. The minimum absolute atomic E-state index is 0.117. The zero-order valence-corrected chi connectivity index (χ0v) is 20.7. The minimum Gasteiger partial charge on any atom is -0.375 e. The molecule has 3 unspecified atom stereocenters. The molecular weight excluding hydrogens is 394 g/mol. The van der Waals surface area contributed by atoms with Crippen molar-refractivity contribution in [2.24, 2.45) is 23.1 Å². The Hall–Kier alpha value is -0.810. The van der Waals surface area contributed by atoms with Gasteiger partial charge in [0.2, 0.25) is 5.91 Å². The molecule has 0 aromatic rings. The second-order valence-corrected chi connectivity index (χ2v) is 9.18. The van der Waals surface area contributed by atoms with Gasteiger partial charge in [0.25, 0.3) is 0 Å². The number of ether oxygens (including phenoxy) is 1. The summed E-state index contributed by atoms with van der Waals surface area (Å²) in [6.45, 7) is 17.4. The van der Waals surface area contributed by atoms with Gasteiger partial charge in [0, 0.05) is 77.4 Å². The van der Waals surface area contributed by atoms with Gasteiger partial charge in [-0.1, -0.05) is 6.92 Å². The number of carbonyl (C=O) groups excluding carboxylic acids is 1. The van der Waals surface area contributed by atoms with Gasteiger partial charge in [0.05, 0.1) is 12.2 Å². The van der Waals surface area contributed by atoms with E-state index >= 15 is 0 Å². The maximum Gasteiger partial charge on any atom is 0.223 e. The average Bonchev–Trinajstić information content (AvgIpc) is 2.69. The summed E-state index contributed by atoms with van der Waals surface area (Å²) >= 11 is 0. The monoisotopic (exact) mass is 445 g/mol. The molecule has 3 atom stereocenters. The standard InChI is InChI=1S/C22H51N7O2/c1-18(17-31-22(4,5)16-19(2)25)20(3)28-9-6-21(30)29(14-8-24)15-13-27-12-11-26-10-7-23/h18-20,26-28H,6-17,23-25H2,1-5H3. The Morgan fingerprint density at radius 3 is 2.19 bits per heavy atom. The van der Waals surface area contributed by atoms with Crippen LogP contribution < -0.4 is 33.2 Å². The third kappa shape index (κ3) is 16.5. The molecule has 31 heavy (non-hydrogen) atoms. The molecule has 0 aromatic heterocycles. The van der Waals surface area contributed by atoms with E-state index in [9.17, 15) is 4.79 Å². The van der Waals surface area contributed by atoms with E-state index in [2.05, 4.69) is 43.6 Å². The van der Waals surface area contributed by atoms with Crippen molar-refractivity contribution in [1.82, 2.24) is 20.9 Å². The van der Waals surface area contributed by atoms with Gasteiger partial charge in [0.15, 0.2) is 0 Å². The highest BCUT2D eigenvalue weighted by Crippen LogP contribution is 2.18. The number of amides is 1. The van der Waals surface area contributed by atoms with Crippen molar-refractivity contribution < 1.29 is 9.53 Å². The maximum absolute atomic E-state index is 12.6. The lowest BCUT2D eigenvalue weighted by molar-refractivity contribution is -0.131. The molecule has 1 amide bonds. The van der Waals surface area contributed by atoms with Gasteiger partial charge in [-0.2, -0.15) is 0 Å². The van der Waals surface area contributed by atoms with Gasteiger partial charge in [-0.25, -0.2) is 0 Å². The van der Waals surface area contributed by atoms with Gasteiger partial charge in [-0.3, -0.25) is 4.79 Å². The van der Waals surface area contributed by atoms with Gasteiger partial charge in [0.1, 0.15) is 0 Å². The number of rotatable bonds is 20. The summed E-state index contributed by atoms with van der Waals surface area (Å²) in [5.74, 6) is 0.467. The zero-order chi connectivity index (χ0) is 23.7. The predicted octanol–water partition coefficient (Wildman–Crippen LogP) is -0.552. The zero-order valence-electron chi connectivity index (χ0n) is 20.7. The van der Waals surface area contributed by atoms with Crippen molar-refractivity contribution in [3.05, 3.63) is 0 Å². The molecule has 0 radical (unpaired) electrons. The molecule has 0 heterocycles. The maximum atomic E-state index is 12.6. The number of nitrogens with one attached hydrogen (secondary N) is 3. The number of nitrogens with zero attached hydrogens (tertiary/aromatic N) is 1. The molecular formula is C22H51N7O2. The molecule has 0 aromatic carbocycles. The van der Waals surface area contributed by atoms with Crippen molar-refractivity contribution in [3.8, 4) is 0 Å². The molecule has 0 rings (SSSR count). The molecule has 0 spiro atoms. The van der Waals surface area contributed by atoms with E-state index in [-0.39, 0.29) is 23.6 Å². The Morgan fingerprint density at radius 1 is 0.968 bits per heavy atom. The first-order valence-corrected chi connectivity index (χ1v) is 11.8. The van der Waals surface area contributed by atoms with Crippen LogP contribution in [0.4, 0.5) is 0 Å². The topological polar surface area (TPSA) is 144 Å². The van der Waals surface area contributed by atoms with Crippen LogP contribution >= 0.6 is 0 Å². The van der Waals surface area contributed by atoms with Gasteiger partial charge in [-0.15, -0.1) is 0 Å². The smallest absolute Gasteiger partial charge is 0.223 e. The summed E-state index contributed by atoms with van der Waals surface area (Å²) in [5.41, 5.74) is 16.8. The highest BCUT2D eigenvalue weighted by Gasteiger charge is 2.23. The van der Waals surface area contributed by atoms with Crippen LogP contribution in [-0.2, 0) is 9.53 Å². The van der Waals surface area contributed by atoms with Gasteiger partial charge in [-0.05, 0) is 40.0 Å². The second-order valence-electron chi connectivity index (χ2n) is 9.18. The Balaban J connectivity index is 4.15. The lowest BCUT2D eigenvalue weighted by Crippen LogP contribution is -2.43. The van der Waals surface area contributed by atoms with E-state index < -0.39 is 0 Å². The number of hydrogen-bond donors (Lipinski definition) is 6. The van der Waals surface area contributed by atoms with E-state index in [4.69, 9.17) is 21.9 Å². The normalized spacial score (nSPS) is 15.0. The molecule has 0 aliphatic heterocycles. The Morgan fingerprint density at radius 2 is 1.61 bits per heavy atom. The third-order valence-electron chi connectivity index (χ3n) is 5.32. The fraction of sp³-hybridized carbons (Fsp3) is 0.955. The minimum atomic E-state index is -0.227. The SMILES string of the molecule is CC(N)CC(C)(C)OCC(C)C(C)NCCC(=O)N(CCN)CCNCCNCCN. The summed E-state index contributed by atoms with van der Waals surface area (Å²) < 4.78 is 6.08. The molecule has 0 saturated heterocycles. The lowest BCUT2D eigenvalue weighted by Gasteiger charge is -2.30. The lowest BCUT2D eigenvalue weighted by atomic mass is 9.99. The molecule has 0 fully saturated rings. The molecule has 9 N–H and O–H groups in total. The fourth-order valence-electron chi connectivity index (χ4n) is 3.36. The van der Waals surface area contributed by atoms with Crippen LogP contribution in [0.2, 0.25) is 0 Å². The Kier molecular flexibility index (Phi) is 17.2. The van der Waals surface area contributed by atoms with E-state index in [1.165, 1.54) is 0 Å². The Labute approximate surface area is 190 Å². The fourth-order valence-corrected chi connectivity index (χ4v) is 3.36. The van der Waals surface area contributed by atoms with E-state index in [0.29, 0.717) is 51.7 Å². The quantitative estimate of drug-likeness (QED) is 0.137. The highest BCUT2D eigenvalue weighted by atomic mass is 16.5. The summed E-state index contributed by atoms with van der Waals surface area (Å²) in [7, 11) is 0. The van der Waals surface area contributed by atoms with Crippen LogP contribution in [0.25, 0.3) is 0 Å². The molecule has 9 nitrogen and oxygen atoms in total. The number of nitrogens with two attached hydrogens (primary N) is 3. The summed E-state index contributed by atoms with van der Waals surface area (Å²) in [5, 5.41) is 10.0. The van der Waals surface area contributed by atoms with Gasteiger partial charge < -0.3 is 42.8 Å². The molecule has 186 valence electrons. The highest BCUT2D eigenvalue weighted by molar-refractivity contribution is 5.76. The molecule has 0 bridgehead atoms. The van der Waals surface area contributed by atoms with Gasteiger partial charge >= 0.3 is 0 Å². The number of hydrogen-bond acceptors (Lipinski definition) is 8. The van der Waals surface area contributed by atoms with Crippen LogP contribution in [0.5, 0.6) is 0 Å². The van der Waals surface area contributed by atoms with Crippen LogP contribution in [0, 0.1) is 5.92 Å². The molecule has 0 saturated carbocycles. The largest absolute Gasteiger partial charge is 0.375 e. The Bertz CT molecular complexity index is 450. The van der Waals surface area contributed by atoms with E-state index in [1.54, 1.807) is 0 Å². The van der Waals surface area contributed by atoms with Crippen LogP contribution in [-0.4, -0.2) is 94.0 Å². The molecule has 0 aliphatic rings. The van der Waals surface area contributed by atoms with E-state index in [1.807, 2.05) is 11.8 Å². The second kappa shape index (κ2) is 17.7. The number of carbonyl (C=O) groups is 1. The first kappa shape index (κ1) is 30.2. The summed E-state index contributed by atoms with van der Waals surface area (Å²) in [6.07, 6.45) is 1.29. The summed E-state index contributed by atoms with van der Waals surface area (Å²) in [6, 6.07) is 0.371. The summed E-state index contributed by atoms with van der Waals surface area (Å²) in [4.78, 5) is 14.4. The van der Waals surface area contributed by atoms with Crippen molar-refractivity contribution in [3.63, 3.8) is 0 Å². The third-order valence-corrected chi connectivity index (χ3v) is 5.32. The average molecular weight is 446 g/mol. The van der Waals surface area contributed by atoms with Crippen molar-refractivity contribution in [1.29, 1.82) is 0 Å². The van der Waals surface area contributed by atoms with Crippen molar-refractivity contribution >= 4 is 5.91 Å².